The zero-order chi connectivity index (χ0) is 22.3. The Labute approximate surface area is 196 Å². The molecule has 3 aromatic rings. The molecule has 0 aliphatic carbocycles. The zero-order valence-electron chi connectivity index (χ0n) is 16.8. The van der Waals surface area contributed by atoms with Crippen LogP contribution in [-0.4, -0.2) is 40.0 Å². The number of benzene rings is 2. The summed E-state index contributed by atoms with van der Waals surface area (Å²) in [5.74, 6) is 0.609. The van der Waals surface area contributed by atoms with Crippen molar-refractivity contribution in [1.82, 2.24) is 15.5 Å². The smallest absolute Gasteiger partial charge is 0.264 e. The molecule has 4 rings (SSSR count). The third-order valence-electron chi connectivity index (χ3n) is 4.04. The Morgan fingerprint density at radius 3 is 2.72 bits per heavy atom. The summed E-state index contributed by atoms with van der Waals surface area (Å²) in [5, 5.41) is 14.5. The van der Waals surface area contributed by atoms with Crippen molar-refractivity contribution in [2.75, 3.05) is 18.2 Å². The van der Waals surface area contributed by atoms with Crippen molar-refractivity contribution >= 4 is 68.7 Å². The fourth-order valence-electron chi connectivity index (χ4n) is 2.57. The minimum atomic E-state index is -0.221. The molecular weight excluding hydrogens is 466 g/mol. The minimum absolute atomic E-state index is 0.129. The number of amidine groups is 1. The predicted octanol–water partition coefficient (Wildman–Crippen LogP) is 4.17. The molecule has 8 nitrogen and oxygen atoms in total. The standard InChI is InChI=1S/C21H17N5O3S3/c1-29-15-9-7-13(8-10-15)11-16-18(28)23-19(31-16)24-20-25-26-21(32-20)30-12-17(27)22-14-5-3-2-4-6-14/h2-11H,12H2,1H3,(H,22,27)(H,23,24,25,28)/b16-11-. The van der Waals surface area contributed by atoms with E-state index < -0.39 is 0 Å². The van der Waals surface area contributed by atoms with Gasteiger partial charge in [-0.1, -0.05) is 53.4 Å². The molecule has 2 heterocycles. The Morgan fingerprint density at radius 1 is 1.19 bits per heavy atom. The number of aliphatic imine (C=N–C) groups is 1. The first kappa shape index (κ1) is 22.1. The number of methoxy groups -OCH3 is 1. The summed E-state index contributed by atoms with van der Waals surface area (Å²) < 4.78 is 5.76. The Morgan fingerprint density at radius 2 is 1.97 bits per heavy atom. The third-order valence-corrected chi connectivity index (χ3v) is 6.90. The summed E-state index contributed by atoms with van der Waals surface area (Å²) in [6.45, 7) is 0. The predicted molar refractivity (Wildman–Crippen MR) is 130 cm³/mol. The molecule has 0 unspecified atom stereocenters. The first-order chi connectivity index (χ1) is 15.6. The topological polar surface area (TPSA) is 106 Å². The number of hydrogen-bond acceptors (Lipinski definition) is 9. The van der Waals surface area contributed by atoms with E-state index in [4.69, 9.17) is 4.74 Å². The molecule has 1 saturated heterocycles. The number of para-hydroxylation sites is 1. The van der Waals surface area contributed by atoms with Gasteiger partial charge < -0.3 is 15.4 Å². The molecule has 2 aromatic carbocycles. The molecule has 1 aliphatic rings. The second-order valence-corrected chi connectivity index (χ2v) is 9.52. The highest BCUT2D eigenvalue weighted by Crippen LogP contribution is 2.31. The lowest BCUT2D eigenvalue weighted by molar-refractivity contribution is -0.115. The van der Waals surface area contributed by atoms with Gasteiger partial charge in [0.1, 0.15) is 5.75 Å². The van der Waals surface area contributed by atoms with Crippen LogP contribution in [0.1, 0.15) is 5.56 Å². The Kier molecular flexibility index (Phi) is 7.20. The van der Waals surface area contributed by atoms with Gasteiger partial charge in [-0.05, 0) is 47.7 Å². The third kappa shape index (κ3) is 5.96. The highest BCUT2D eigenvalue weighted by atomic mass is 32.2. The molecule has 0 saturated carbocycles. The average Bonchev–Trinajstić information content (AvgIpc) is 3.39. The van der Waals surface area contributed by atoms with Crippen LogP contribution in [0.25, 0.3) is 6.08 Å². The van der Waals surface area contributed by atoms with E-state index in [9.17, 15) is 9.59 Å². The van der Waals surface area contributed by atoms with Crippen LogP contribution >= 0.6 is 34.9 Å². The van der Waals surface area contributed by atoms with E-state index in [-0.39, 0.29) is 17.6 Å². The number of anilines is 1. The summed E-state index contributed by atoms with van der Waals surface area (Å²) in [6.07, 6.45) is 1.79. The van der Waals surface area contributed by atoms with Crippen LogP contribution in [-0.2, 0) is 9.59 Å². The lowest BCUT2D eigenvalue weighted by Crippen LogP contribution is -2.19. The SMILES string of the molecule is COc1ccc(/C=C2\S/C(=N/c3nnc(SCC(=O)Nc4ccccc4)s3)NC2=O)cc1. The van der Waals surface area contributed by atoms with Crippen LogP contribution < -0.4 is 15.4 Å². The first-order valence-electron chi connectivity index (χ1n) is 9.34. The van der Waals surface area contributed by atoms with E-state index in [2.05, 4.69) is 25.8 Å². The zero-order valence-corrected chi connectivity index (χ0v) is 19.2. The van der Waals surface area contributed by atoms with Gasteiger partial charge in [0.05, 0.1) is 17.8 Å². The van der Waals surface area contributed by atoms with Crippen molar-refractivity contribution < 1.29 is 14.3 Å². The van der Waals surface area contributed by atoms with Gasteiger partial charge in [-0.2, -0.15) is 4.99 Å². The van der Waals surface area contributed by atoms with Crippen molar-refractivity contribution in [2.24, 2.45) is 4.99 Å². The number of ether oxygens (including phenoxy) is 1. The summed E-state index contributed by atoms with van der Waals surface area (Å²) in [6, 6.07) is 16.7. The Hall–Kier alpha value is -3.15. The molecule has 162 valence electrons. The van der Waals surface area contributed by atoms with Crippen molar-refractivity contribution in [1.29, 1.82) is 0 Å². The summed E-state index contributed by atoms with van der Waals surface area (Å²) in [5.41, 5.74) is 1.63. The van der Waals surface area contributed by atoms with Gasteiger partial charge in [0.25, 0.3) is 5.91 Å². The van der Waals surface area contributed by atoms with Gasteiger partial charge in [0.2, 0.25) is 11.0 Å². The number of hydrogen-bond donors (Lipinski definition) is 2. The highest BCUT2D eigenvalue weighted by Gasteiger charge is 2.24. The largest absolute Gasteiger partial charge is 0.497 e. The number of aromatic nitrogens is 2. The molecule has 0 radical (unpaired) electrons. The number of rotatable bonds is 7. The Bertz CT molecular complexity index is 1180. The maximum absolute atomic E-state index is 12.2. The molecule has 1 aromatic heterocycles. The number of nitrogens with one attached hydrogen (secondary N) is 2. The second-order valence-electron chi connectivity index (χ2n) is 6.31. The fourth-order valence-corrected chi connectivity index (χ4v) is 4.97. The average molecular weight is 484 g/mol. The minimum Gasteiger partial charge on any atom is -0.497 e. The van der Waals surface area contributed by atoms with E-state index in [0.29, 0.717) is 19.5 Å². The summed E-state index contributed by atoms with van der Waals surface area (Å²) in [7, 11) is 1.60. The molecular formula is C21H17N5O3S3. The lowest BCUT2D eigenvalue weighted by atomic mass is 10.2. The van der Waals surface area contributed by atoms with E-state index in [1.807, 2.05) is 54.6 Å². The van der Waals surface area contributed by atoms with Crippen molar-refractivity contribution in [2.45, 2.75) is 4.34 Å². The van der Waals surface area contributed by atoms with Gasteiger partial charge in [-0.3, -0.25) is 9.59 Å². The second kappa shape index (κ2) is 10.4. The maximum Gasteiger partial charge on any atom is 0.264 e. The summed E-state index contributed by atoms with van der Waals surface area (Å²) >= 11 is 3.77. The lowest BCUT2D eigenvalue weighted by Gasteiger charge is -2.02. The molecule has 1 fully saturated rings. The molecule has 1 aliphatic heterocycles. The molecule has 0 bridgehead atoms. The molecule has 0 spiro atoms. The summed E-state index contributed by atoms with van der Waals surface area (Å²) in [4.78, 5) is 29.2. The monoisotopic (exact) mass is 483 g/mol. The fraction of sp³-hybridized carbons (Fsp3) is 0.0952. The normalized spacial score (nSPS) is 15.7. The van der Waals surface area contributed by atoms with Gasteiger partial charge in [-0.15, -0.1) is 10.2 Å². The molecule has 0 atom stereocenters. The molecule has 11 heteroatoms. The molecule has 2 N–H and O–H groups in total. The van der Waals surface area contributed by atoms with Crippen molar-refractivity contribution in [3.8, 4) is 5.75 Å². The van der Waals surface area contributed by atoms with Gasteiger partial charge >= 0.3 is 0 Å². The molecule has 32 heavy (non-hydrogen) atoms. The van der Waals surface area contributed by atoms with E-state index in [0.717, 1.165) is 17.0 Å². The van der Waals surface area contributed by atoms with E-state index in [1.165, 1.54) is 34.9 Å². The van der Waals surface area contributed by atoms with Crippen LogP contribution in [0.2, 0.25) is 0 Å². The molecule has 2 amide bonds. The van der Waals surface area contributed by atoms with Crippen LogP contribution in [0.5, 0.6) is 5.75 Å². The van der Waals surface area contributed by atoms with Crippen LogP contribution in [0.4, 0.5) is 10.8 Å². The van der Waals surface area contributed by atoms with Gasteiger partial charge in [0, 0.05) is 5.69 Å². The van der Waals surface area contributed by atoms with E-state index in [1.54, 1.807) is 13.2 Å². The van der Waals surface area contributed by atoms with Gasteiger partial charge in [0.15, 0.2) is 9.51 Å². The van der Waals surface area contributed by atoms with Crippen LogP contribution in [0.3, 0.4) is 0 Å². The van der Waals surface area contributed by atoms with Crippen molar-refractivity contribution in [3.05, 3.63) is 65.1 Å². The number of thioether (sulfide) groups is 2. The number of carbonyl (C=O) groups excluding carboxylic acids is 2. The maximum atomic E-state index is 12.2. The van der Waals surface area contributed by atoms with Gasteiger partial charge in [-0.25, -0.2) is 0 Å². The number of amides is 2. The van der Waals surface area contributed by atoms with Crippen LogP contribution in [0, 0.1) is 0 Å². The van der Waals surface area contributed by atoms with E-state index >= 15 is 0 Å². The van der Waals surface area contributed by atoms with Crippen LogP contribution in [0.15, 0.2) is 68.8 Å². The Balaban J connectivity index is 1.34. The number of nitrogens with zero attached hydrogens (tertiary/aromatic N) is 3. The number of carbonyl (C=O) groups is 2. The quantitative estimate of drug-likeness (QED) is 0.384. The highest BCUT2D eigenvalue weighted by molar-refractivity contribution is 8.18. The first-order valence-corrected chi connectivity index (χ1v) is 12.0. The van der Waals surface area contributed by atoms with Crippen molar-refractivity contribution in [3.63, 3.8) is 0 Å².